The lowest BCUT2D eigenvalue weighted by atomic mass is 9.95. The van der Waals surface area contributed by atoms with E-state index in [0.717, 1.165) is 23.2 Å². The molecule has 0 unspecified atom stereocenters. The zero-order valence-corrected chi connectivity index (χ0v) is 15.1. The highest BCUT2D eigenvalue weighted by molar-refractivity contribution is 5.95. The second-order valence-electron chi connectivity index (χ2n) is 6.55. The molecule has 0 saturated carbocycles. The van der Waals surface area contributed by atoms with Crippen molar-refractivity contribution in [3.05, 3.63) is 68.1 Å². The van der Waals surface area contributed by atoms with Crippen LogP contribution in [0, 0.1) is 13.8 Å². The number of hydrogen-bond acceptors (Lipinski definition) is 2. The summed E-state index contributed by atoms with van der Waals surface area (Å²) in [5, 5.41) is 2.88. The molecule has 1 aromatic heterocycles. The van der Waals surface area contributed by atoms with Crippen LogP contribution in [0.5, 0.6) is 0 Å². The number of benzene rings is 1. The number of pyridine rings is 1. The predicted octanol–water partition coefficient (Wildman–Crippen LogP) is 3.85. The number of carbonyl (C=O) groups excluding carboxylic acids is 1. The maximum Gasteiger partial charge on any atom is 0.253 e. The Labute approximate surface area is 144 Å². The predicted molar refractivity (Wildman–Crippen MR) is 99.7 cm³/mol. The molecule has 2 aromatic rings. The first-order valence-corrected chi connectivity index (χ1v) is 8.43. The molecule has 0 aliphatic carbocycles. The van der Waals surface area contributed by atoms with E-state index in [2.05, 4.69) is 30.2 Å². The molecule has 4 nitrogen and oxygen atoms in total. The molecule has 24 heavy (non-hydrogen) atoms. The lowest BCUT2D eigenvalue weighted by molar-refractivity contribution is 0.0950. The quantitative estimate of drug-likeness (QED) is 0.875. The monoisotopic (exact) mass is 328 g/mol. The molecule has 2 rings (SSSR count). The summed E-state index contributed by atoms with van der Waals surface area (Å²) in [5.74, 6) is 0.294. The summed E-state index contributed by atoms with van der Waals surface area (Å²) in [5.41, 5.74) is 5.13. The van der Waals surface area contributed by atoms with Crippen LogP contribution in [-0.4, -0.2) is 10.9 Å². The number of nitrogens with one attached hydrogen (secondary N) is 2. The van der Waals surface area contributed by atoms with Crippen molar-refractivity contribution in [3.8, 4) is 0 Å². The Bertz CT molecular complexity index is 810. The van der Waals surface area contributed by atoms with Crippen LogP contribution in [0.25, 0.3) is 0 Å². The molecule has 0 saturated heterocycles. The third-order valence-electron chi connectivity index (χ3n) is 4.34. The van der Waals surface area contributed by atoms with Crippen molar-refractivity contribution in [3.63, 3.8) is 0 Å². The normalized spacial score (nSPS) is 10.9. The SMILES string of the molecule is CCc1cc(C(C)C)ccc1C(=O)NCc1c(C)cc(C)[nH]c1=O.[HH]. The van der Waals surface area contributed by atoms with Gasteiger partial charge >= 0.3 is 0 Å². The first-order chi connectivity index (χ1) is 11.3. The minimum atomic E-state index is -0.140. The minimum Gasteiger partial charge on any atom is -0.348 e. The van der Waals surface area contributed by atoms with E-state index in [9.17, 15) is 9.59 Å². The molecule has 0 atom stereocenters. The van der Waals surface area contributed by atoms with Crippen molar-refractivity contribution in [1.82, 2.24) is 10.3 Å². The van der Waals surface area contributed by atoms with Crippen molar-refractivity contribution < 1.29 is 6.22 Å². The van der Waals surface area contributed by atoms with Gasteiger partial charge in [-0.15, -0.1) is 0 Å². The molecular weight excluding hydrogens is 300 g/mol. The molecule has 1 aromatic carbocycles. The summed E-state index contributed by atoms with van der Waals surface area (Å²) in [6.07, 6.45) is 0.799. The van der Waals surface area contributed by atoms with Crippen molar-refractivity contribution in [2.75, 3.05) is 0 Å². The van der Waals surface area contributed by atoms with E-state index < -0.39 is 0 Å². The van der Waals surface area contributed by atoms with Crippen LogP contribution in [0.4, 0.5) is 0 Å². The van der Waals surface area contributed by atoms with Gasteiger partial charge in [0.2, 0.25) is 0 Å². The lowest BCUT2D eigenvalue weighted by Crippen LogP contribution is -2.28. The van der Waals surface area contributed by atoms with Crippen LogP contribution < -0.4 is 10.9 Å². The molecule has 2 N–H and O–H groups in total. The van der Waals surface area contributed by atoms with E-state index in [1.807, 2.05) is 39.0 Å². The maximum atomic E-state index is 12.5. The third kappa shape index (κ3) is 3.94. The molecule has 1 heterocycles. The van der Waals surface area contributed by atoms with Crippen LogP contribution in [0.2, 0.25) is 0 Å². The molecule has 4 heteroatoms. The molecule has 0 radical (unpaired) electrons. The lowest BCUT2D eigenvalue weighted by Gasteiger charge is -2.13. The first kappa shape index (κ1) is 18.0. The standard InChI is InChI=1S/C20H26N2O2.H2/c1-6-15-10-16(12(2)3)7-8-17(15)19(23)21-11-18-13(4)9-14(5)22-20(18)24;/h7-10,12H,6,11H2,1-5H3,(H,21,23)(H,22,24);1H. The number of rotatable bonds is 5. The van der Waals surface area contributed by atoms with Gasteiger partial charge in [0.1, 0.15) is 0 Å². The zero-order valence-electron chi connectivity index (χ0n) is 15.1. The Morgan fingerprint density at radius 2 is 1.96 bits per heavy atom. The number of aromatic amines is 1. The highest BCUT2D eigenvalue weighted by Crippen LogP contribution is 2.19. The minimum absolute atomic E-state index is 0. The van der Waals surface area contributed by atoms with Gasteiger partial charge in [-0.3, -0.25) is 9.59 Å². The van der Waals surface area contributed by atoms with Crippen LogP contribution >= 0.6 is 0 Å². The summed E-state index contributed by atoms with van der Waals surface area (Å²) >= 11 is 0. The number of hydrogen-bond donors (Lipinski definition) is 2. The second-order valence-corrected chi connectivity index (χ2v) is 6.55. The average molecular weight is 328 g/mol. The van der Waals surface area contributed by atoms with E-state index in [-0.39, 0.29) is 19.4 Å². The van der Waals surface area contributed by atoms with E-state index in [1.54, 1.807) is 0 Å². The Morgan fingerprint density at radius 1 is 1.25 bits per heavy atom. The fourth-order valence-corrected chi connectivity index (χ4v) is 2.85. The van der Waals surface area contributed by atoms with Gasteiger partial charge in [-0.25, -0.2) is 0 Å². The van der Waals surface area contributed by atoms with Gasteiger partial charge in [0.05, 0.1) is 0 Å². The summed E-state index contributed by atoms with van der Waals surface area (Å²) in [7, 11) is 0. The summed E-state index contributed by atoms with van der Waals surface area (Å²) in [6.45, 7) is 10.3. The highest BCUT2D eigenvalue weighted by atomic mass is 16.1. The number of aromatic nitrogens is 1. The van der Waals surface area contributed by atoms with Crippen LogP contribution in [-0.2, 0) is 13.0 Å². The zero-order chi connectivity index (χ0) is 17.9. The van der Waals surface area contributed by atoms with Gasteiger partial charge in [-0.05, 0) is 55.0 Å². The second kappa shape index (κ2) is 7.47. The first-order valence-electron chi connectivity index (χ1n) is 8.43. The summed E-state index contributed by atoms with van der Waals surface area (Å²) < 4.78 is 0. The Balaban J connectivity index is 0.00000312. The average Bonchev–Trinajstić information content (AvgIpc) is 2.52. The topological polar surface area (TPSA) is 62.0 Å². The van der Waals surface area contributed by atoms with E-state index >= 15 is 0 Å². The summed E-state index contributed by atoms with van der Waals surface area (Å²) in [4.78, 5) is 27.4. The number of carbonyl (C=O) groups is 1. The van der Waals surface area contributed by atoms with E-state index in [0.29, 0.717) is 17.0 Å². The van der Waals surface area contributed by atoms with Crippen molar-refractivity contribution in [1.29, 1.82) is 0 Å². The van der Waals surface area contributed by atoms with Gasteiger partial charge in [-0.1, -0.05) is 32.9 Å². The van der Waals surface area contributed by atoms with Crippen molar-refractivity contribution in [2.24, 2.45) is 0 Å². The Hall–Kier alpha value is -2.36. The van der Waals surface area contributed by atoms with Crippen molar-refractivity contribution in [2.45, 2.75) is 53.5 Å². The molecule has 0 aliphatic heterocycles. The molecular formula is C20H28N2O2. The fraction of sp³-hybridized carbons (Fsp3) is 0.400. The van der Waals surface area contributed by atoms with E-state index in [1.165, 1.54) is 5.56 Å². The molecule has 130 valence electrons. The number of amides is 1. The fourth-order valence-electron chi connectivity index (χ4n) is 2.85. The van der Waals surface area contributed by atoms with Gasteiger partial charge in [0.15, 0.2) is 0 Å². The maximum absolute atomic E-state index is 12.5. The van der Waals surface area contributed by atoms with Crippen molar-refractivity contribution >= 4 is 5.91 Å². The Morgan fingerprint density at radius 3 is 2.54 bits per heavy atom. The molecule has 0 aliphatic rings. The molecule has 0 fully saturated rings. The molecule has 1 amide bonds. The van der Waals surface area contributed by atoms with Gasteiger partial charge < -0.3 is 10.3 Å². The Kier molecular flexibility index (Phi) is 5.60. The van der Waals surface area contributed by atoms with Gasteiger partial charge in [-0.2, -0.15) is 0 Å². The highest BCUT2D eigenvalue weighted by Gasteiger charge is 2.13. The number of H-pyrrole nitrogens is 1. The van der Waals surface area contributed by atoms with E-state index in [4.69, 9.17) is 0 Å². The van der Waals surface area contributed by atoms with Crippen LogP contribution in [0.3, 0.4) is 0 Å². The summed E-state index contributed by atoms with van der Waals surface area (Å²) in [6, 6.07) is 7.90. The smallest absolute Gasteiger partial charge is 0.253 e. The van der Waals surface area contributed by atoms with Crippen LogP contribution in [0.1, 0.15) is 66.4 Å². The largest absolute Gasteiger partial charge is 0.348 e. The molecule has 0 bridgehead atoms. The van der Waals surface area contributed by atoms with Crippen LogP contribution in [0.15, 0.2) is 29.1 Å². The molecule has 0 spiro atoms. The van der Waals surface area contributed by atoms with Gasteiger partial charge in [0, 0.05) is 24.8 Å². The van der Waals surface area contributed by atoms with Gasteiger partial charge in [0.25, 0.3) is 11.5 Å². The number of aryl methyl sites for hydroxylation is 3. The third-order valence-corrected chi connectivity index (χ3v) is 4.34.